The summed E-state index contributed by atoms with van der Waals surface area (Å²) in [5.41, 5.74) is 4.47. The standard InChI is InChI=1S/C21H23N5O4S/c27-20(25-28)21(9-13-31(29,30)14-10-21)22-15-16-1-3-17(4-2-16)18-5-7-19(8-6-18)26-23-11-12-24-26/h1-8,11-12,22,28H,9-10,13-15H2,(H,25,27). The first kappa shape index (κ1) is 21.2. The quantitative estimate of drug-likeness (QED) is 0.391. The molecule has 10 heteroatoms. The maximum Gasteiger partial charge on any atom is 0.263 e. The molecule has 3 N–H and O–H groups in total. The van der Waals surface area contributed by atoms with E-state index in [2.05, 4.69) is 15.5 Å². The second-order valence-electron chi connectivity index (χ2n) is 7.59. The number of carbonyl (C=O) groups excluding carboxylic acids is 1. The molecule has 0 spiro atoms. The molecule has 162 valence electrons. The van der Waals surface area contributed by atoms with Gasteiger partial charge in [0, 0.05) is 6.54 Å². The van der Waals surface area contributed by atoms with Crippen LogP contribution in [-0.2, 0) is 21.2 Å². The molecule has 1 aliphatic rings. The van der Waals surface area contributed by atoms with Crippen LogP contribution in [-0.4, -0.2) is 51.6 Å². The first-order chi connectivity index (χ1) is 14.9. The molecule has 9 nitrogen and oxygen atoms in total. The number of benzene rings is 2. The lowest BCUT2D eigenvalue weighted by atomic mass is 9.91. The molecule has 31 heavy (non-hydrogen) atoms. The van der Waals surface area contributed by atoms with Gasteiger partial charge in [0.2, 0.25) is 0 Å². The third-order valence-electron chi connectivity index (χ3n) is 5.65. The van der Waals surface area contributed by atoms with Crippen LogP contribution in [0.3, 0.4) is 0 Å². The Morgan fingerprint density at radius 2 is 1.52 bits per heavy atom. The van der Waals surface area contributed by atoms with E-state index in [-0.39, 0.29) is 24.3 Å². The van der Waals surface area contributed by atoms with E-state index >= 15 is 0 Å². The van der Waals surface area contributed by atoms with E-state index in [1.165, 1.54) is 0 Å². The maximum absolute atomic E-state index is 12.2. The molecule has 2 heterocycles. The molecule has 1 aromatic heterocycles. The summed E-state index contributed by atoms with van der Waals surface area (Å²) in [7, 11) is -3.14. The molecule has 3 aromatic rings. The highest BCUT2D eigenvalue weighted by Gasteiger charge is 2.43. The van der Waals surface area contributed by atoms with Gasteiger partial charge in [-0.1, -0.05) is 36.4 Å². The Balaban J connectivity index is 1.44. The predicted octanol–water partition coefficient (Wildman–Crippen LogP) is 1.48. The lowest BCUT2D eigenvalue weighted by molar-refractivity contribution is -0.136. The van der Waals surface area contributed by atoms with Gasteiger partial charge in [0.15, 0.2) is 0 Å². The Morgan fingerprint density at radius 3 is 2.06 bits per heavy atom. The van der Waals surface area contributed by atoms with Crippen molar-refractivity contribution < 1.29 is 18.4 Å². The van der Waals surface area contributed by atoms with Gasteiger partial charge in [-0.3, -0.25) is 15.3 Å². The minimum atomic E-state index is -3.14. The Kier molecular flexibility index (Phi) is 5.86. The molecule has 1 fully saturated rings. The van der Waals surface area contributed by atoms with Gasteiger partial charge in [0.05, 0.1) is 29.6 Å². The summed E-state index contributed by atoms with van der Waals surface area (Å²) in [5, 5.41) is 20.5. The summed E-state index contributed by atoms with van der Waals surface area (Å²) in [6, 6.07) is 15.8. The van der Waals surface area contributed by atoms with Crippen LogP contribution < -0.4 is 10.8 Å². The van der Waals surface area contributed by atoms with Crippen molar-refractivity contribution in [2.45, 2.75) is 24.9 Å². The van der Waals surface area contributed by atoms with Crippen LogP contribution >= 0.6 is 0 Å². The Labute approximate surface area is 180 Å². The SMILES string of the molecule is O=C(NO)C1(NCc2ccc(-c3ccc(-n4nccn4)cc3)cc2)CCS(=O)(=O)CC1. The van der Waals surface area contributed by atoms with E-state index in [1.807, 2.05) is 48.5 Å². The van der Waals surface area contributed by atoms with E-state index in [0.29, 0.717) is 6.54 Å². The fraction of sp³-hybridized carbons (Fsp3) is 0.286. The fourth-order valence-corrected chi connectivity index (χ4v) is 5.22. The van der Waals surface area contributed by atoms with Crippen LogP contribution in [0.1, 0.15) is 18.4 Å². The monoisotopic (exact) mass is 441 g/mol. The number of hydrogen-bond donors (Lipinski definition) is 3. The second-order valence-corrected chi connectivity index (χ2v) is 9.89. The zero-order valence-corrected chi connectivity index (χ0v) is 17.5. The van der Waals surface area contributed by atoms with E-state index in [9.17, 15) is 13.2 Å². The van der Waals surface area contributed by atoms with Gasteiger partial charge in [-0.2, -0.15) is 15.0 Å². The molecule has 0 bridgehead atoms. The van der Waals surface area contributed by atoms with Gasteiger partial charge in [0.25, 0.3) is 5.91 Å². The predicted molar refractivity (Wildman–Crippen MR) is 114 cm³/mol. The van der Waals surface area contributed by atoms with E-state index < -0.39 is 21.3 Å². The highest BCUT2D eigenvalue weighted by Crippen LogP contribution is 2.26. The number of amides is 1. The summed E-state index contributed by atoms with van der Waals surface area (Å²) >= 11 is 0. The van der Waals surface area contributed by atoms with Crippen molar-refractivity contribution in [3.8, 4) is 16.8 Å². The number of rotatable bonds is 6. The lowest BCUT2D eigenvalue weighted by Gasteiger charge is -2.35. The van der Waals surface area contributed by atoms with Crippen molar-refractivity contribution in [1.29, 1.82) is 0 Å². The largest absolute Gasteiger partial charge is 0.299 e. The van der Waals surface area contributed by atoms with Gasteiger partial charge in [-0.05, 0) is 41.7 Å². The van der Waals surface area contributed by atoms with Crippen LogP contribution in [0.15, 0.2) is 60.9 Å². The van der Waals surface area contributed by atoms with Crippen LogP contribution in [0.5, 0.6) is 0 Å². The summed E-state index contributed by atoms with van der Waals surface area (Å²) in [6.45, 7) is 0.373. The van der Waals surface area contributed by atoms with Crippen molar-refractivity contribution in [2.24, 2.45) is 0 Å². The number of aromatic nitrogens is 3. The smallest absolute Gasteiger partial charge is 0.263 e. The summed E-state index contributed by atoms with van der Waals surface area (Å²) < 4.78 is 23.5. The molecule has 0 saturated carbocycles. The van der Waals surface area contributed by atoms with Gasteiger partial charge in [-0.15, -0.1) is 0 Å². The highest BCUT2D eigenvalue weighted by molar-refractivity contribution is 7.91. The van der Waals surface area contributed by atoms with Gasteiger partial charge in [0.1, 0.15) is 15.4 Å². The lowest BCUT2D eigenvalue weighted by Crippen LogP contribution is -2.59. The number of carbonyl (C=O) groups is 1. The zero-order chi connectivity index (χ0) is 21.9. The molecule has 0 atom stereocenters. The molecule has 1 amide bonds. The summed E-state index contributed by atoms with van der Waals surface area (Å²) in [4.78, 5) is 13.8. The summed E-state index contributed by atoms with van der Waals surface area (Å²) in [6.07, 6.45) is 3.50. The molecule has 1 saturated heterocycles. The third kappa shape index (κ3) is 4.66. The zero-order valence-electron chi connectivity index (χ0n) is 16.7. The molecular formula is C21H23N5O4S. The second kappa shape index (κ2) is 8.58. The highest BCUT2D eigenvalue weighted by atomic mass is 32.2. The number of sulfone groups is 1. The van der Waals surface area contributed by atoms with Crippen molar-refractivity contribution >= 4 is 15.7 Å². The van der Waals surface area contributed by atoms with Crippen molar-refractivity contribution in [2.75, 3.05) is 11.5 Å². The number of hydroxylamine groups is 1. The van der Waals surface area contributed by atoms with Crippen LogP contribution in [0.2, 0.25) is 0 Å². The topological polar surface area (TPSA) is 126 Å². The molecule has 1 aliphatic heterocycles. The Morgan fingerprint density at radius 1 is 0.968 bits per heavy atom. The number of nitrogens with one attached hydrogen (secondary N) is 2. The minimum absolute atomic E-state index is 0.0869. The Hall–Kier alpha value is -3.08. The molecule has 0 radical (unpaired) electrons. The Bertz CT molecular complexity index is 1130. The first-order valence-corrected chi connectivity index (χ1v) is 11.7. The van der Waals surface area contributed by atoms with Gasteiger partial charge < -0.3 is 0 Å². The molecule has 0 unspecified atom stereocenters. The fourth-order valence-electron chi connectivity index (χ4n) is 3.70. The molecular weight excluding hydrogens is 418 g/mol. The summed E-state index contributed by atoms with van der Waals surface area (Å²) in [5.74, 6) is -0.780. The van der Waals surface area contributed by atoms with Crippen LogP contribution in [0, 0.1) is 0 Å². The maximum atomic E-state index is 12.2. The van der Waals surface area contributed by atoms with Crippen molar-refractivity contribution in [3.05, 3.63) is 66.5 Å². The van der Waals surface area contributed by atoms with Gasteiger partial charge >= 0.3 is 0 Å². The average molecular weight is 442 g/mol. The first-order valence-electron chi connectivity index (χ1n) is 9.87. The molecule has 0 aliphatic carbocycles. The van der Waals surface area contributed by atoms with Gasteiger partial charge in [-0.25, -0.2) is 13.9 Å². The van der Waals surface area contributed by atoms with Crippen molar-refractivity contribution in [3.63, 3.8) is 0 Å². The normalized spacial score (nSPS) is 17.2. The third-order valence-corrected chi connectivity index (χ3v) is 7.30. The van der Waals surface area contributed by atoms with E-state index in [0.717, 1.165) is 22.4 Å². The van der Waals surface area contributed by atoms with Crippen molar-refractivity contribution in [1.82, 2.24) is 25.8 Å². The van der Waals surface area contributed by atoms with Crippen LogP contribution in [0.25, 0.3) is 16.8 Å². The van der Waals surface area contributed by atoms with Crippen LogP contribution in [0.4, 0.5) is 0 Å². The molecule has 2 aromatic carbocycles. The van der Waals surface area contributed by atoms with E-state index in [4.69, 9.17) is 5.21 Å². The molecule has 4 rings (SSSR count). The average Bonchev–Trinajstić information content (AvgIpc) is 3.34. The van der Waals surface area contributed by atoms with E-state index in [1.54, 1.807) is 22.7 Å². The minimum Gasteiger partial charge on any atom is -0.299 e. The number of hydrogen-bond acceptors (Lipinski definition) is 7. The number of nitrogens with zero attached hydrogens (tertiary/aromatic N) is 3.